The highest BCUT2D eigenvalue weighted by atomic mass is 35.5. The molecule has 1 aliphatic rings. The van der Waals surface area contributed by atoms with Crippen molar-refractivity contribution in [3.63, 3.8) is 0 Å². The molecule has 0 bridgehead atoms. The number of aromatic amines is 1. The number of alkyl carbamates (subject to hydrolysis) is 1. The van der Waals surface area contributed by atoms with Crippen molar-refractivity contribution in [2.45, 2.75) is 12.3 Å². The predicted molar refractivity (Wildman–Crippen MR) is 123 cm³/mol. The molecule has 2 aromatic heterocycles. The van der Waals surface area contributed by atoms with Gasteiger partial charge in [-0.15, -0.1) is 0 Å². The number of H-pyrrole nitrogens is 1. The second-order valence-corrected chi connectivity index (χ2v) is 7.80. The Labute approximate surface area is 189 Å². The van der Waals surface area contributed by atoms with Gasteiger partial charge in [0.25, 0.3) is 0 Å². The summed E-state index contributed by atoms with van der Waals surface area (Å²) < 4.78 is 5.54. The van der Waals surface area contributed by atoms with Crippen LogP contribution in [0.3, 0.4) is 0 Å². The highest BCUT2D eigenvalue weighted by Gasteiger charge is 2.28. The molecule has 2 heterocycles. The number of nitrogens with zero attached hydrogens (tertiary/aromatic N) is 3. The Morgan fingerprint density at radius 2 is 1.81 bits per heavy atom. The van der Waals surface area contributed by atoms with E-state index in [9.17, 15) is 4.79 Å². The highest BCUT2D eigenvalue weighted by Crippen LogP contribution is 2.44. The van der Waals surface area contributed by atoms with Crippen LogP contribution in [0, 0.1) is 0 Å². The van der Waals surface area contributed by atoms with E-state index in [0.29, 0.717) is 35.8 Å². The van der Waals surface area contributed by atoms with E-state index in [2.05, 4.69) is 49.7 Å². The molecule has 0 fully saturated rings. The molecular formula is C24H20ClN5O2. The summed E-state index contributed by atoms with van der Waals surface area (Å²) in [4.78, 5) is 20.3. The van der Waals surface area contributed by atoms with Gasteiger partial charge in [0, 0.05) is 12.5 Å². The molecule has 7 nitrogen and oxygen atoms in total. The van der Waals surface area contributed by atoms with Gasteiger partial charge in [-0.05, 0) is 34.8 Å². The Morgan fingerprint density at radius 1 is 1.09 bits per heavy atom. The molecule has 0 aliphatic heterocycles. The van der Waals surface area contributed by atoms with E-state index in [4.69, 9.17) is 16.3 Å². The quantitative estimate of drug-likeness (QED) is 0.323. The third kappa shape index (κ3) is 3.83. The summed E-state index contributed by atoms with van der Waals surface area (Å²) in [6, 6.07) is 16.5. The minimum atomic E-state index is -0.427. The molecule has 160 valence electrons. The van der Waals surface area contributed by atoms with Crippen LogP contribution in [0.5, 0.6) is 0 Å². The number of amides is 1. The van der Waals surface area contributed by atoms with Crippen molar-refractivity contribution < 1.29 is 9.53 Å². The number of rotatable bonds is 6. The zero-order valence-electron chi connectivity index (χ0n) is 17.1. The number of carbonyl (C=O) groups excluding carboxylic acids is 1. The standard InChI is InChI=1S/C24H20ClN5O2/c25-22-21-20(29-30-23(21)28-14-27-22)11-5-6-12-26-24(31)32-13-19-17-9-3-1-7-15(17)16-8-2-4-10-18(16)19/h1-5,7-11,14,19H,6,12-13H2,(H,26,31)(H,27,28,29,30). The van der Waals surface area contributed by atoms with Crippen LogP contribution in [0.1, 0.15) is 29.2 Å². The molecule has 4 aromatic rings. The lowest BCUT2D eigenvalue weighted by Crippen LogP contribution is -2.26. The van der Waals surface area contributed by atoms with Crippen LogP contribution in [0.4, 0.5) is 4.79 Å². The number of halogens is 1. The van der Waals surface area contributed by atoms with Crippen molar-refractivity contribution in [3.8, 4) is 11.1 Å². The van der Waals surface area contributed by atoms with Crippen molar-refractivity contribution in [2.75, 3.05) is 13.2 Å². The predicted octanol–water partition coefficient (Wildman–Crippen LogP) is 4.95. The maximum absolute atomic E-state index is 12.2. The second kappa shape index (κ2) is 8.80. The van der Waals surface area contributed by atoms with Gasteiger partial charge in [-0.25, -0.2) is 14.8 Å². The fourth-order valence-electron chi connectivity index (χ4n) is 4.07. The first-order valence-corrected chi connectivity index (χ1v) is 10.7. The summed E-state index contributed by atoms with van der Waals surface area (Å²) in [7, 11) is 0. The number of fused-ring (bicyclic) bond motifs is 4. The Kier molecular flexibility index (Phi) is 5.56. The molecule has 2 N–H and O–H groups in total. The summed E-state index contributed by atoms with van der Waals surface area (Å²) in [6.07, 6.45) is 5.33. The van der Waals surface area contributed by atoms with Gasteiger partial charge in [-0.3, -0.25) is 5.10 Å². The molecule has 0 unspecified atom stereocenters. The summed E-state index contributed by atoms with van der Waals surface area (Å²) in [5, 5.41) is 10.8. The van der Waals surface area contributed by atoms with Gasteiger partial charge in [0.15, 0.2) is 5.65 Å². The average molecular weight is 446 g/mol. The topological polar surface area (TPSA) is 92.8 Å². The van der Waals surface area contributed by atoms with Crippen molar-refractivity contribution in [3.05, 3.63) is 82.9 Å². The molecule has 0 radical (unpaired) electrons. The summed E-state index contributed by atoms with van der Waals surface area (Å²) in [6.45, 7) is 0.748. The van der Waals surface area contributed by atoms with Gasteiger partial charge in [-0.1, -0.05) is 66.2 Å². The number of nitrogens with one attached hydrogen (secondary N) is 2. The lowest BCUT2D eigenvalue weighted by Gasteiger charge is -2.14. The molecule has 1 amide bonds. The molecule has 5 rings (SSSR count). The fourth-order valence-corrected chi connectivity index (χ4v) is 4.30. The number of aromatic nitrogens is 4. The SMILES string of the molecule is O=C(NCCC=Cc1[nH]nc2ncnc(Cl)c12)OCC1c2ccccc2-c2ccccc21. The van der Waals surface area contributed by atoms with E-state index < -0.39 is 6.09 Å². The highest BCUT2D eigenvalue weighted by molar-refractivity contribution is 6.34. The Morgan fingerprint density at radius 3 is 2.56 bits per heavy atom. The van der Waals surface area contributed by atoms with E-state index in [0.717, 1.165) is 5.69 Å². The lowest BCUT2D eigenvalue weighted by molar-refractivity contribution is 0.143. The summed E-state index contributed by atoms with van der Waals surface area (Å²) in [5.74, 6) is 0.0497. The van der Waals surface area contributed by atoms with E-state index >= 15 is 0 Å². The Hall–Kier alpha value is -3.71. The van der Waals surface area contributed by atoms with Crippen molar-refractivity contribution in [1.82, 2.24) is 25.5 Å². The number of hydrogen-bond donors (Lipinski definition) is 2. The van der Waals surface area contributed by atoms with Crippen LogP contribution >= 0.6 is 11.6 Å². The van der Waals surface area contributed by atoms with Crippen LogP contribution in [0.2, 0.25) is 5.15 Å². The van der Waals surface area contributed by atoms with Crippen LogP contribution in [0.15, 0.2) is 60.9 Å². The minimum absolute atomic E-state index is 0.0497. The van der Waals surface area contributed by atoms with Gasteiger partial charge in [0.1, 0.15) is 18.1 Å². The van der Waals surface area contributed by atoms with E-state index in [-0.39, 0.29) is 5.92 Å². The molecule has 2 aromatic carbocycles. The van der Waals surface area contributed by atoms with Crippen molar-refractivity contribution in [2.24, 2.45) is 0 Å². The molecule has 0 saturated carbocycles. The van der Waals surface area contributed by atoms with Crippen molar-refractivity contribution >= 4 is 34.8 Å². The second-order valence-electron chi connectivity index (χ2n) is 7.44. The average Bonchev–Trinajstić information content (AvgIpc) is 3.37. The maximum Gasteiger partial charge on any atom is 0.407 e. The van der Waals surface area contributed by atoms with E-state index in [1.807, 2.05) is 36.4 Å². The van der Waals surface area contributed by atoms with Gasteiger partial charge < -0.3 is 10.1 Å². The van der Waals surface area contributed by atoms with Crippen molar-refractivity contribution in [1.29, 1.82) is 0 Å². The lowest BCUT2D eigenvalue weighted by atomic mass is 9.98. The summed E-state index contributed by atoms with van der Waals surface area (Å²) >= 11 is 6.12. The van der Waals surface area contributed by atoms with Crippen LogP contribution < -0.4 is 5.32 Å². The monoisotopic (exact) mass is 445 g/mol. The number of ether oxygens (including phenoxy) is 1. The molecule has 0 spiro atoms. The number of benzene rings is 2. The van der Waals surface area contributed by atoms with Crippen LogP contribution in [-0.4, -0.2) is 39.4 Å². The molecule has 8 heteroatoms. The molecule has 32 heavy (non-hydrogen) atoms. The van der Waals surface area contributed by atoms with Crippen LogP contribution in [-0.2, 0) is 4.74 Å². The molecular weight excluding hydrogens is 426 g/mol. The molecule has 0 atom stereocenters. The fraction of sp³-hybridized carbons (Fsp3) is 0.167. The molecule has 1 aliphatic carbocycles. The number of hydrogen-bond acceptors (Lipinski definition) is 5. The third-order valence-corrected chi connectivity index (χ3v) is 5.83. The zero-order chi connectivity index (χ0) is 21.9. The Balaban J connectivity index is 1.14. The van der Waals surface area contributed by atoms with Gasteiger partial charge in [0.05, 0.1) is 11.1 Å². The summed E-state index contributed by atoms with van der Waals surface area (Å²) in [5.41, 5.74) is 6.05. The van der Waals surface area contributed by atoms with Crippen LogP contribution in [0.25, 0.3) is 28.2 Å². The Bertz CT molecular complexity index is 1270. The zero-order valence-corrected chi connectivity index (χ0v) is 17.8. The third-order valence-electron chi connectivity index (χ3n) is 5.54. The van der Waals surface area contributed by atoms with E-state index in [1.54, 1.807) is 0 Å². The smallest absolute Gasteiger partial charge is 0.407 e. The first kappa shape index (κ1) is 20.2. The first-order chi connectivity index (χ1) is 15.7. The number of carbonyl (C=O) groups is 1. The molecule has 0 saturated heterocycles. The van der Waals surface area contributed by atoms with Gasteiger partial charge >= 0.3 is 6.09 Å². The van der Waals surface area contributed by atoms with Gasteiger partial charge in [-0.2, -0.15) is 5.10 Å². The maximum atomic E-state index is 12.2. The van der Waals surface area contributed by atoms with E-state index in [1.165, 1.54) is 28.6 Å². The minimum Gasteiger partial charge on any atom is -0.449 e. The largest absolute Gasteiger partial charge is 0.449 e. The first-order valence-electron chi connectivity index (χ1n) is 10.3. The van der Waals surface area contributed by atoms with Gasteiger partial charge in [0.2, 0.25) is 0 Å². The normalized spacial score (nSPS) is 12.8.